The number of terminal acetylenes is 1. The number of nitrogens with zero attached hydrogens (tertiary/aromatic N) is 1. The number of nitrogens with one attached hydrogen (secondary N) is 1. The van der Waals surface area contributed by atoms with E-state index in [1.807, 2.05) is 6.07 Å². The Balaban J connectivity index is 2.17. The Morgan fingerprint density at radius 2 is 2.04 bits per heavy atom. The van der Waals surface area contributed by atoms with Gasteiger partial charge in [-0.1, -0.05) is 23.6 Å². The van der Waals surface area contributed by atoms with Crippen molar-refractivity contribution in [2.24, 2.45) is 0 Å². The number of aromatic hydroxyl groups is 1. The molecule has 0 heterocycles. The highest BCUT2D eigenvalue weighted by molar-refractivity contribution is 6.32. The molecular formula is C19H13ClN2O3. The zero-order valence-corrected chi connectivity index (χ0v) is 13.7. The molecule has 0 aliphatic rings. The average Bonchev–Trinajstić information content (AvgIpc) is 2.60. The molecule has 0 radical (unpaired) electrons. The average molecular weight is 353 g/mol. The van der Waals surface area contributed by atoms with Gasteiger partial charge in [-0.05, 0) is 48.0 Å². The molecule has 0 fully saturated rings. The van der Waals surface area contributed by atoms with Crippen LogP contribution in [0.1, 0.15) is 5.56 Å². The first-order valence-corrected chi connectivity index (χ1v) is 7.49. The Labute approximate surface area is 150 Å². The lowest BCUT2D eigenvalue weighted by Gasteiger charge is -2.06. The number of carbonyl (C=O) groups excluding carboxylic acids is 1. The van der Waals surface area contributed by atoms with Gasteiger partial charge in [0, 0.05) is 5.69 Å². The number of phenolic OH excluding ortho intramolecular Hbond substituents is 1. The molecule has 2 aromatic carbocycles. The number of benzene rings is 2. The van der Waals surface area contributed by atoms with Gasteiger partial charge in [-0.2, -0.15) is 5.26 Å². The summed E-state index contributed by atoms with van der Waals surface area (Å²) in [5.41, 5.74) is 0.928. The Morgan fingerprint density at radius 1 is 1.32 bits per heavy atom. The molecule has 0 aliphatic carbocycles. The number of halogens is 1. The van der Waals surface area contributed by atoms with Gasteiger partial charge in [0.15, 0.2) is 0 Å². The van der Waals surface area contributed by atoms with Gasteiger partial charge in [-0.15, -0.1) is 6.42 Å². The molecule has 2 N–H and O–H groups in total. The largest absolute Gasteiger partial charge is 0.508 e. The monoisotopic (exact) mass is 352 g/mol. The van der Waals surface area contributed by atoms with E-state index in [2.05, 4.69) is 11.2 Å². The number of hydrogen-bond donors (Lipinski definition) is 2. The van der Waals surface area contributed by atoms with Crippen molar-refractivity contribution in [1.82, 2.24) is 0 Å². The predicted molar refractivity (Wildman–Crippen MR) is 96.1 cm³/mol. The zero-order chi connectivity index (χ0) is 18.2. The van der Waals surface area contributed by atoms with Crippen molar-refractivity contribution in [1.29, 1.82) is 5.26 Å². The number of ether oxygens (including phenoxy) is 1. The summed E-state index contributed by atoms with van der Waals surface area (Å²) in [5, 5.41) is 21.3. The Kier molecular flexibility index (Phi) is 6.06. The Bertz CT molecular complexity index is 890. The Morgan fingerprint density at radius 3 is 2.64 bits per heavy atom. The molecule has 0 atom stereocenters. The van der Waals surface area contributed by atoms with Crippen LogP contribution in [0.25, 0.3) is 6.08 Å². The van der Waals surface area contributed by atoms with E-state index < -0.39 is 5.91 Å². The van der Waals surface area contributed by atoms with Gasteiger partial charge in [0.1, 0.15) is 29.7 Å². The van der Waals surface area contributed by atoms with Gasteiger partial charge in [-0.3, -0.25) is 4.79 Å². The topological polar surface area (TPSA) is 82.3 Å². The van der Waals surface area contributed by atoms with Crippen molar-refractivity contribution < 1.29 is 14.6 Å². The number of anilines is 1. The molecule has 124 valence electrons. The lowest BCUT2D eigenvalue weighted by molar-refractivity contribution is -0.112. The van der Waals surface area contributed by atoms with E-state index in [0.29, 0.717) is 22.0 Å². The van der Waals surface area contributed by atoms with Crippen molar-refractivity contribution >= 4 is 29.3 Å². The molecule has 0 saturated carbocycles. The third kappa shape index (κ3) is 5.04. The van der Waals surface area contributed by atoms with Crippen molar-refractivity contribution in [2.45, 2.75) is 0 Å². The van der Waals surface area contributed by atoms with E-state index >= 15 is 0 Å². The molecule has 6 heteroatoms. The fourth-order valence-corrected chi connectivity index (χ4v) is 2.15. The van der Waals surface area contributed by atoms with Gasteiger partial charge < -0.3 is 15.2 Å². The minimum absolute atomic E-state index is 0.0795. The minimum atomic E-state index is -0.572. The van der Waals surface area contributed by atoms with Crippen LogP contribution in [0.15, 0.2) is 48.0 Å². The van der Waals surface area contributed by atoms with Crippen molar-refractivity contribution in [2.75, 3.05) is 11.9 Å². The first-order chi connectivity index (χ1) is 12.0. The van der Waals surface area contributed by atoms with E-state index in [9.17, 15) is 15.2 Å². The van der Waals surface area contributed by atoms with Gasteiger partial charge in [-0.25, -0.2) is 0 Å². The minimum Gasteiger partial charge on any atom is -0.508 e. The van der Waals surface area contributed by atoms with E-state index in [0.717, 1.165) is 0 Å². The molecule has 25 heavy (non-hydrogen) atoms. The summed E-state index contributed by atoms with van der Waals surface area (Å²) in [7, 11) is 0. The fraction of sp³-hybridized carbons (Fsp3) is 0.0526. The van der Waals surface area contributed by atoms with Gasteiger partial charge >= 0.3 is 0 Å². The molecule has 0 aliphatic heterocycles. The van der Waals surface area contributed by atoms with E-state index in [4.69, 9.17) is 22.8 Å². The maximum Gasteiger partial charge on any atom is 0.266 e. The number of phenols is 1. The normalized spacial score (nSPS) is 10.4. The number of amides is 1. The lowest BCUT2D eigenvalue weighted by Crippen LogP contribution is -2.13. The highest BCUT2D eigenvalue weighted by atomic mass is 35.5. The maximum absolute atomic E-state index is 12.2. The SMILES string of the molecule is C#CCOc1ccc(/C=C(\C#N)C(=O)Nc2ccc(O)cc2)cc1Cl. The zero-order valence-electron chi connectivity index (χ0n) is 13.0. The molecule has 2 rings (SSSR count). The van der Waals surface area contributed by atoms with Crippen LogP contribution >= 0.6 is 11.6 Å². The van der Waals surface area contributed by atoms with Crippen LogP contribution in [0, 0.1) is 23.7 Å². The molecule has 0 saturated heterocycles. The smallest absolute Gasteiger partial charge is 0.266 e. The van der Waals surface area contributed by atoms with Crippen LogP contribution in [0.2, 0.25) is 5.02 Å². The van der Waals surface area contributed by atoms with Crippen LogP contribution in [0.4, 0.5) is 5.69 Å². The molecule has 2 aromatic rings. The van der Waals surface area contributed by atoms with E-state index in [-0.39, 0.29) is 17.9 Å². The highest BCUT2D eigenvalue weighted by Crippen LogP contribution is 2.26. The summed E-state index contributed by atoms with van der Waals surface area (Å²) in [6, 6.07) is 12.6. The second kappa shape index (κ2) is 8.44. The second-order valence-electron chi connectivity index (χ2n) is 4.85. The van der Waals surface area contributed by atoms with Gasteiger partial charge in [0.25, 0.3) is 5.91 Å². The molecule has 0 spiro atoms. The predicted octanol–water partition coefficient (Wildman–Crippen LogP) is 3.60. The van der Waals surface area contributed by atoms with E-state index in [1.54, 1.807) is 18.2 Å². The third-order valence-electron chi connectivity index (χ3n) is 3.07. The third-order valence-corrected chi connectivity index (χ3v) is 3.36. The maximum atomic E-state index is 12.2. The number of hydrogen-bond acceptors (Lipinski definition) is 4. The van der Waals surface area contributed by atoms with Gasteiger partial charge in [0.2, 0.25) is 0 Å². The molecule has 0 bridgehead atoms. The van der Waals surface area contributed by atoms with Crippen molar-refractivity contribution in [3.8, 4) is 29.9 Å². The number of carbonyl (C=O) groups is 1. The summed E-state index contributed by atoms with van der Waals surface area (Å²) in [4.78, 5) is 12.2. The molecule has 1 amide bonds. The van der Waals surface area contributed by atoms with Crippen LogP contribution in [-0.2, 0) is 4.79 Å². The summed E-state index contributed by atoms with van der Waals surface area (Å²) >= 11 is 6.09. The highest BCUT2D eigenvalue weighted by Gasteiger charge is 2.10. The molecule has 5 nitrogen and oxygen atoms in total. The summed E-state index contributed by atoms with van der Waals surface area (Å²) < 4.78 is 5.25. The molecular weight excluding hydrogens is 340 g/mol. The van der Waals surface area contributed by atoms with Crippen LogP contribution in [0.5, 0.6) is 11.5 Å². The van der Waals surface area contributed by atoms with Crippen LogP contribution in [-0.4, -0.2) is 17.6 Å². The standard InChI is InChI=1S/C19H13ClN2O3/c1-2-9-25-18-8-3-13(11-17(18)20)10-14(12-21)19(24)22-15-4-6-16(23)7-5-15/h1,3-8,10-11,23H,9H2,(H,22,24)/b14-10+. The Hall–Kier alpha value is -3.41. The van der Waals surface area contributed by atoms with Crippen molar-refractivity contribution in [3.05, 3.63) is 58.6 Å². The lowest BCUT2D eigenvalue weighted by atomic mass is 10.1. The molecule has 0 aromatic heterocycles. The quantitative estimate of drug-likeness (QED) is 0.373. The van der Waals surface area contributed by atoms with Crippen molar-refractivity contribution in [3.63, 3.8) is 0 Å². The number of rotatable bonds is 5. The van der Waals surface area contributed by atoms with E-state index in [1.165, 1.54) is 30.3 Å². The first-order valence-electron chi connectivity index (χ1n) is 7.11. The number of nitriles is 1. The fourth-order valence-electron chi connectivity index (χ4n) is 1.90. The second-order valence-corrected chi connectivity index (χ2v) is 5.26. The van der Waals surface area contributed by atoms with Crippen LogP contribution in [0.3, 0.4) is 0 Å². The van der Waals surface area contributed by atoms with Gasteiger partial charge in [0.05, 0.1) is 5.02 Å². The summed E-state index contributed by atoms with van der Waals surface area (Å²) in [6.07, 6.45) is 6.53. The summed E-state index contributed by atoms with van der Waals surface area (Å²) in [6.45, 7) is 0.0907. The molecule has 0 unspecified atom stereocenters. The summed E-state index contributed by atoms with van der Waals surface area (Å²) in [5.74, 6) is 2.26. The van der Waals surface area contributed by atoms with Crippen LogP contribution < -0.4 is 10.1 Å². The first kappa shape index (κ1) is 17.9.